The molecule has 1 saturated heterocycles. The number of amides is 2. The number of carboxylic acids is 1. The maximum absolute atomic E-state index is 11.9. The van der Waals surface area contributed by atoms with Crippen molar-refractivity contribution in [1.82, 2.24) is 10.2 Å². The molecule has 2 heterocycles. The Bertz CT molecular complexity index is 438. The number of ether oxygens (including phenoxy) is 1. The third-order valence-corrected chi connectivity index (χ3v) is 3.17. The second kappa shape index (κ2) is 6.95. The minimum absolute atomic E-state index is 0.0831. The molecule has 1 aliphatic heterocycles. The number of likely N-dealkylation sites (tertiary alicyclic amines) is 1. The summed E-state index contributed by atoms with van der Waals surface area (Å²) in [6.07, 6.45) is 2.79. The molecule has 1 aliphatic rings. The molecule has 7 heteroatoms. The Morgan fingerprint density at radius 3 is 2.80 bits per heavy atom. The van der Waals surface area contributed by atoms with Crippen LogP contribution in [-0.4, -0.2) is 47.8 Å². The maximum Gasteiger partial charge on any atom is 0.329 e. The van der Waals surface area contributed by atoms with E-state index in [9.17, 15) is 9.59 Å². The standard InChI is InChI=1S/C13H18N2O5/c16-12(17)9-20-10-3-5-15(6-4-10)13(18)14-8-11-2-1-7-19-11/h1-2,7,10H,3-6,8-9H2,(H,14,18)(H,16,17). The summed E-state index contributed by atoms with van der Waals surface area (Å²) in [7, 11) is 0. The Morgan fingerprint density at radius 1 is 1.45 bits per heavy atom. The van der Waals surface area contributed by atoms with Crippen LogP contribution in [0.25, 0.3) is 0 Å². The first-order chi connectivity index (χ1) is 9.65. The normalized spacial score (nSPS) is 16.1. The zero-order valence-electron chi connectivity index (χ0n) is 11.1. The fourth-order valence-electron chi connectivity index (χ4n) is 2.10. The van der Waals surface area contributed by atoms with Crippen molar-refractivity contribution in [1.29, 1.82) is 0 Å². The molecule has 20 heavy (non-hydrogen) atoms. The molecule has 2 N–H and O–H groups in total. The van der Waals surface area contributed by atoms with Crippen molar-refractivity contribution in [2.45, 2.75) is 25.5 Å². The van der Waals surface area contributed by atoms with Gasteiger partial charge in [-0.1, -0.05) is 0 Å². The van der Waals surface area contributed by atoms with Gasteiger partial charge in [-0.2, -0.15) is 0 Å². The SMILES string of the molecule is O=C(O)COC1CCN(C(=O)NCc2ccco2)CC1. The fraction of sp³-hybridized carbons (Fsp3) is 0.538. The highest BCUT2D eigenvalue weighted by atomic mass is 16.5. The number of carboxylic acid groups (broad SMARTS) is 1. The molecule has 0 unspecified atom stereocenters. The van der Waals surface area contributed by atoms with Crippen molar-refractivity contribution in [3.63, 3.8) is 0 Å². The van der Waals surface area contributed by atoms with E-state index in [0.29, 0.717) is 38.2 Å². The topological polar surface area (TPSA) is 92.0 Å². The van der Waals surface area contributed by atoms with Gasteiger partial charge in [0.15, 0.2) is 0 Å². The molecular weight excluding hydrogens is 264 g/mol. The van der Waals surface area contributed by atoms with E-state index in [4.69, 9.17) is 14.3 Å². The molecule has 7 nitrogen and oxygen atoms in total. The predicted molar refractivity (Wildman–Crippen MR) is 69.1 cm³/mol. The zero-order chi connectivity index (χ0) is 14.4. The lowest BCUT2D eigenvalue weighted by molar-refractivity contribution is -0.145. The molecule has 0 aromatic carbocycles. The number of carbonyl (C=O) groups is 2. The summed E-state index contributed by atoms with van der Waals surface area (Å²) in [5, 5.41) is 11.3. The van der Waals surface area contributed by atoms with Crippen LogP contribution in [0.3, 0.4) is 0 Å². The van der Waals surface area contributed by atoms with E-state index in [2.05, 4.69) is 5.32 Å². The van der Waals surface area contributed by atoms with Crippen molar-refractivity contribution in [2.24, 2.45) is 0 Å². The lowest BCUT2D eigenvalue weighted by Crippen LogP contribution is -2.45. The van der Waals surface area contributed by atoms with Crippen LogP contribution >= 0.6 is 0 Å². The first kappa shape index (κ1) is 14.4. The lowest BCUT2D eigenvalue weighted by Gasteiger charge is -2.31. The van der Waals surface area contributed by atoms with E-state index in [1.807, 2.05) is 0 Å². The number of hydrogen-bond donors (Lipinski definition) is 2. The summed E-state index contributed by atoms with van der Waals surface area (Å²) in [4.78, 5) is 24.0. The smallest absolute Gasteiger partial charge is 0.329 e. The molecule has 110 valence electrons. The van der Waals surface area contributed by atoms with E-state index >= 15 is 0 Å². The van der Waals surface area contributed by atoms with E-state index < -0.39 is 5.97 Å². The summed E-state index contributed by atoms with van der Waals surface area (Å²) in [6.45, 7) is 1.21. The number of nitrogens with zero attached hydrogens (tertiary/aromatic N) is 1. The first-order valence-corrected chi connectivity index (χ1v) is 6.53. The van der Waals surface area contributed by atoms with Gasteiger partial charge in [0.25, 0.3) is 0 Å². The Balaban J connectivity index is 1.67. The average molecular weight is 282 g/mol. The molecular formula is C13H18N2O5. The van der Waals surface area contributed by atoms with E-state index in [-0.39, 0.29) is 18.7 Å². The van der Waals surface area contributed by atoms with Crippen LogP contribution in [-0.2, 0) is 16.1 Å². The summed E-state index contributed by atoms with van der Waals surface area (Å²) >= 11 is 0. The minimum Gasteiger partial charge on any atom is -0.480 e. The number of rotatable bonds is 5. The van der Waals surface area contributed by atoms with Gasteiger partial charge in [-0.25, -0.2) is 9.59 Å². The largest absolute Gasteiger partial charge is 0.480 e. The van der Waals surface area contributed by atoms with Crippen LogP contribution in [0.5, 0.6) is 0 Å². The monoisotopic (exact) mass is 282 g/mol. The predicted octanol–water partition coefficient (Wildman–Crippen LogP) is 1.05. The van der Waals surface area contributed by atoms with Gasteiger partial charge >= 0.3 is 12.0 Å². The van der Waals surface area contributed by atoms with Crippen LogP contribution in [0.15, 0.2) is 22.8 Å². The summed E-state index contributed by atoms with van der Waals surface area (Å²) in [5.74, 6) is -0.262. The van der Waals surface area contributed by atoms with Gasteiger partial charge in [-0.3, -0.25) is 0 Å². The Morgan fingerprint density at radius 2 is 2.20 bits per heavy atom. The third-order valence-electron chi connectivity index (χ3n) is 3.17. The Labute approximate surface area is 116 Å². The second-order valence-electron chi connectivity index (χ2n) is 4.63. The van der Waals surface area contributed by atoms with Crippen LogP contribution < -0.4 is 5.32 Å². The van der Waals surface area contributed by atoms with Crippen molar-refractivity contribution in [3.8, 4) is 0 Å². The minimum atomic E-state index is -0.969. The van der Waals surface area contributed by atoms with Crippen LogP contribution in [0.2, 0.25) is 0 Å². The van der Waals surface area contributed by atoms with Crippen molar-refractivity contribution >= 4 is 12.0 Å². The molecule has 0 atom stereocenters. The van der Waals surface area contributed by atoms with Gasteiger partial charge in [-0.15, -0.1) is 0 Å². The molecule has 1 aromatic heterocycles. The highest BCUT2D eigenvalue weighted by molar-refractivity contribution is 5.74. The first-order valence-electron chi connectivity index (χ1n) is 6.53. The van der Waals surface area contributed by atoms with Crippen molar-refractivity contribution in [3.05, 3.63) is 24.2 Å². The summed E-state index contributed by atoms with van der Waals surface area (Å²) < 4.78 is 10.4. The zero-order valence-corrected chi connectivity index (χ0v) is 11.1. The highest BCUT2D eigenvalue weighted by Crippen LogP contribution is 2.13. The molecule has 0 aliphatic carbocycles. The molecule has 0 bridgehead atoms. The molecule has 0 radical (unpaired) electrons. The molecule has 2 rings (SSSR count). The maximum atomic E-state index is 11.9. The highest BCUT2D eigenvalue weighted by Gasteiger charge is 2.23. The van der Waals surface area contributed by atoms with Crippen LogP contribution in [0, 0.1) is 0 Å². The number of piperidine rings is 1. The van der Waals surface area contributed by atoms with Crippen molar-refractivity contribution in [2.75, 3.05) is 19.7 Å². The number of nitrogens with one attached hydrogen (secondary N) is 1. The van der Waals surface area contributed by atoms with Gasteiger partial charge in [-0.05, 0) is 25.0 Å². The number of urea groups is 1. The quantitative estimate of drug-likeness (QED) is 0.842. The second-order valence-corrected chi connectivity index (χ2v) is 4.63. The Hall–Kier alpha value is -2.02. The van der Waals surface area contributed by atoms with Gasteiger partial charge in [0, 0.05) is 13.1 Å². The van der Waals surface area contributed by atoms with E-state index in [0.717, 1.165) is 0 Å². The van der Waals surface area contributed by atoms with Gasteiger partial charge < -0.3 is 24.5 Å². The summed E-state index contributed by atoms with van der Waals surface area (Å²) in [5.41, 5.74) is 0. The molecule has 0 spiro atoms. The number of hydrogen-bond acceptors (Lipinski definition) is 4. The number of carbonyl (C=O) groups excluding carboxylic acids is 1. The molecule has 1 aromatic rings. The molecule has 0 saturated carbocycles. The molecule has 1 fully saturated rings. The Kier molecular flexibility index (Phi) is 5.00. The number of aliphatic carboxylic acids is 1. The fourth-order valence-corrected chi connectivity index (χ4v) is 2.10. The summed E-state index contributed by atoms with van der Waals surface area (Å²) in [6, 6.07) is 3.43. The van der Waals surface area contributed by atoms with E-state index in [1.165, 1.54) is 0 Å². The van der Waals surface area contributed by atoms with Crippen LogP contribution in [0.4, 0.5) is 4.79 Å². The van der Waals surface area contributed by atoms with Gasteiger partial charge in [0.05, 0.1) is 18.9 Å². The average Bonchev–Trinajstić information content (AvgIpc) is 2.96. The van der Waals surface area contributed by atoms with Crippen LogP contribution in [0.1, 0.15) is 18.6 Å². The van der Waals surface area contributed by atoms with Gasteiger partial charge in [0.2, 0.25) is 0 Å². The van der Waals surface area contributed by atoms with Gasteiger partial charge in [0.1, 0.15) is 12.4 Å². The number of furan rings is 1. The molecule has 2 amide bonds. The third kappa shape index (κ3) is 4.27. The van der Waals surface area contributed by atoms with Crippen molar-refractivity contribution < 1.29 is 23.8 Å². The van der Waals surface area contributed by atoms with E-state index in [1.54, 1.807) is 23.3 Å². The lowest BCUT2D eigenvalue weighted by atomic mass is 10.1.